The van der Waals surface area contributed by atoms with Crippen LogP contribution in [0.3, 0.4) is 0 Å². The number of amides is 3. The molecule has 0 saturated carbocycles. The van der Waals surface area contributed by atoms with Crippen LogP contribution in [-0.4, -0.2) is 77.3 Å². The minimum Gasteiger partial charge on any atom is -0.480 e. The lowest BCUT2D eigenvalue weighted by Crippen LogP contribution is -2.58. The molecule has 1 aliphatic rings. The monoisotopic (exact) mass is 448 g/mol. The van der Waals surface area contributed by atoms with E-state index in [1.54, 1.807) is 25.6 Å². The van der Waals surface area contributed by atoms with Crippen LogP contribution in [0.5, 0.6) is 0 Å². The fraction of sp³-hybridized carbons (Fsp3) is 0.778. The van der Waals surface area contributed by atoms with E-state index in [1.165, 1.54) is 0 Å². The van der Waals surface area contributed by atoms with Gasteiger partial charge in [0.1, 0.15) is 18.1 Å². The SMILES string of the molecule is CSCCC(NC(=O)C1CCCN1)C(=O)NC(C(=O)NC(CS)C(=O)O)C(C)C. The molecule has 3 amide bonds. The van der Waals surface area contributed by atoms with Crippen molar-refractivity contribution in [1.82, 2.24) is 21.3 Å². The van der Waals surface area contributed by atoms with E-state index < -0.39 is 35.9 Å². The predicted octanol–water partition coefficient (Wildman–Crippen LogP) is -0.384. The van der Waals surface area contributed by atoms with Gasteiger partial charge in [0.25, 0.3) is 0 Å². The quantitative estimate of drug-likeness (QED) is 0.224. The standard InChI is InChI=1S/C18H32N4O5S2/c1-10(2)14(17(25)21-13(9-28)18(26)27)22-16(24)12(6-8-29-3)20-15(23)11-5-4-7-19-11/h10-14,19,28H,4-9H2,1-3H3,(H,20,23)(H,21,25)(H,22,24)(H,26,27). The summed E-state index contributed by atoms with van der Waals surface area (Å²) in [6.07, 6.45) is 3.96. The van der Waals surface area contributed by atoms with E-state index in [1.807, 2.05) is 6.26 Å². The third kappa shape index (κ3) is 8.43. The van der Waals surface area contributed by atoms with Gasteiger partial charge in [0.05, 0.1) is 6.04 Å². The molecule has 29 heavy (non-hydrogen) atoms. The number of hydrogen-bond acceptors (Lipinski definition) is 7. The van der Waals surface area contributed by atoms with Crippen LogP contribution in [0.1, 0.15) is 33.1 Å². The maximum Gasteiger partial charge on any atom is 0.327 e. The molecule has 0 aromatic rings. The van der Waals surface area contributed by atoms with Crippen LogP contribution in [0.4, 0.5) is 0 Å². The van der Waals surface area contributed by atoms with Crippen LogP contribution >= 0.6 is 24.4 Å². The number of thioether (sulfide) groups is 1. The zero-order valence-corrected chi connectivity index (χ0v) is 18.8. The van der Waals surface area contributed by atoms with Gasteiger partial charge in [-0.05, 0) is 43.7 Å². The number of rotatable bonds is 12. The summed E-state index contributed by atoms with van der Waals surface area (Å²) >= 11 is 5.49. The molecule has 0 spiro atoms. The van der Waals surface area contributed by atoms with Crippen molar-refractivity contribution in [2.75, 3.05) is 24.3 Å². The fourth-order valence-electron chi connectivity index (χ4n) is 2.92. The molecule has 1 saturated heterocycles. The molecule has 1 aliphatic heterocycles. The van der Waals surface area contributed by atoms with Crippen molar-refractivity contribution in [3.8, 4) is 0 Å². The lowest BCUT2D eigenvalue weighted by atomic mass is 10.0. The van der Waals surface area contributed by atoms with Crippen LogP contribution < -0.4 is 21.3 Å². The Bertz CT molecular complexity index is 585. The van der Waals surface area contributed by atoms with Gasteiger partial charge in [0.2, 0.25) is 17.7 Å². The van der Waals surface area contributed by atoms with Crippen LogP contribution in [0.25, 0.3) is 0 Å². The largest absolute Gasteiger partial charge is 0.480 e. The highest BCUT2D eigenvalue weighted by Crippen LogP contribution is 2.09. The van der Waals surface area contributed by atoms with E-state index in [2.05, 4.69) is 33.9 Å². The van der Waals surface area contributed by atoms with Crippen LogP contribution in [0, 0.1) is 5.92 Å². The Morgan fingerprint density at radius 3 is 2.31 bits per heavy atom. The molecule has 166 valence electrons. The Labute approximate surface area is 181 Å². The smallest absolute Gasteiger partial charge is 0.327 e. The van der Waals surface area contributed by atoms with Crippen molar-refractivity contribution in [2.45, 2.75) is 57.3 Å². The molecule has 4 unspecified atom stereocenters. The van der Waals surface area contributed by atoms with Crippen molar-refractivity contribution in [3.63, 3.8) is 0 Å². The second-order valence-electron chi connectivity index (χ2n) is 7.30. The van der Waals surface area contributed by atoms with Gasteiger partial charge >= 0.3 is 5.97 Å². The Balaban J connectivity index is 2.81. The topological polar surface area (TPSA) is 137 Å². The van der Waals surface area contributed by atoms with Gasteiger partial charge in [-0.25, -0.2) is 4.79 Å². The first-order chi connectivity index (χ1) is 13.7. The van der Waals surface area contributed by atoms with Gasteiger partial charge in [-0.1, -0.05) is 13.8 Å². The summed E-state index contributed by atoms with van der Waals surface area (Å²) in [5.41, 5.74) is 0. The van der Waals surface area contributed by atoms with Gasteiger partial charge in [-0.2, -0.15) is 24.4 Å². The average Bonchev–Trinajstić information content (AvgIpc) is 3.21. The molecule has 1 heterocycles. The van der Waals surface area contributed by atoms with Gasteiger partial charge in [-0.15, -0.1) is 0 Å². The molecule has 9 nitrogen and oxygen atoms in total. The average molecular weight is 449 g/mol. The summed E-state index contributed by atoms with van der Waals surface area (Å²) < 4.78 is 0. The van der Waals surface area contributed by atoms with Crippen LogP contribution in [0.15, 0.2) is 0 Å². The predicted molar refractivity (Wildman–Crippen MR) is 116 cm³/mol. The van der Waals surface area contributed by atoms with E-state index >= 15 is 0 Å². The summed E-state index contributed by atoms with van der Waals surface area (Å²) in [4.78, 5) is 48.9. The molecule has 0 aromatic carbocycles. The van der Waals surface area contributed by atoms with Crippen molar-refractivity contribution in [3.05, 3.63) is 0 Å². The van der Waals surface area contributed by atoms with Crippen molar-refractivity contribution >= 4 is 48.1 Å². The molecule has 1 fully saturated rings. The summed E-state index contributed by atoms with van der Waals surface area (Å²) in [6, 6.07) is -3.16. The number of carbonyl (C=O) groups is 4. The third-order valence-corrected chi connectivity index (χ3v) is 5.67. The van der Waals surface area contributed by atoms with Gasteiger partial charge in [0, 0.05) is 5.75 Å². The normalized spacial score (nSPS) is 19.3. The van der Waals surface area contributed by atoms with E-state index in [0.29, 0.717) is 12.2 Å². The summed E-state index contributed by atoms with van der Waals surface area (Å²) in [5, 5.41) is 20.1. The second-order valence-corrected chi connectivity index (χ2v) is 8.65. The first-order valence-corrected chi connectivity index (χ1v) is 11.7. The molecule has 5 N–H and O–H groups in total. The zero-order chi connectivity index (χ0) is 22.0. The Hall–Kier alpha value is -1.46. The van der Waals surface area contributed by atoms with Crippen LogP contribution in [-0.2, 0) is 19.2 Å². The zero-order valence-electron chi connectivity index (χ0n) is 17.1. The Morgan fingerprint density at radius 2 is 1.83 bits per heavy atom. The maximum absolute atomic E-state index is 12.8. The van der Waals surface area contributed by atoms with Crippen LogP contribution in [0.2, 0.25) is 0 Å². The third-order valence-electron chi connectivity index (χ3n) is 4.66. The van der Waals surface area contributed by atoms with Gasteiger partial charge in [-0.3, -0.25) is 14.4 Å². The number of carboxylic acids is 1. The maximum atomic E-state index is 12.8. The molecule has 11 heteroatoms. The lowest BCUT2D eigenvalue weighted by Gasteiger charge is -2.26. The van der Waals surface area contributed by atoms with Gasteiger partial charge < -0.3 is 26.4 Å². The number of nitrogens with one attached hydrogen (secondary N) is 4. The molecular weight excluding hydrogens is 416 g/mol. The summed E-state index contributed by atoms with van der Waals surface area (Å²) in [7, 11) is 0. The first kappa shape index (κ1) is 25.6. The van der Waals surface area contributed by atoms with E-state index in [4.69, 9.17) is 5.11 Å². The van der Waals surface area contributed by atoms with Crippen molar-refractivity contribution in [2.24, 2.45) is 5.92 Å². The Morgan fingerprint density at radius 1 is 1.14 bits per heavy atom. The highest BCUT2D eigenvalue weighted by atomic mass is 32.2. The molecule has 4 atom stereocenters. The summed E-state index contributed by atoms with van der Waals surface area (Å²) in [6.45, 7) is 4.27. The minimum absolute atomic E-state index is 0.0688. The van der Waals surface area contributed by atoms with Crippen molar-refractivity contribution < 1.29 is 24.3 Å². The second kappa shape index (κ2) is 13.0. The van der Waals surface area contributed by atoms with E-state index in [0.717, 1.165) is 19.4 Å². The molecule has 0 radical (unpaired) electrons. The first-order valence-electron chi connectivity index (χ1n) is 9.68. The van der Waals surface area contributed by atoms with E-state index in [-0.39, 0.29) is 23.6 Å². The fourth-order valence-corrected chi connectivity index (χ4v) is 3.64. The molecule has 0 aliphatic carbocycles. The molecule has 0 aromatic heterocycles. The molecular formula is C18H32N4O5S2. The highest BCUT2D eigenvalue weighted by molar-refractivity contribution is 7.98. The Kier molecular flexibility index (Phi) is 11.4. The lowest BCUT2D eigenvalue weighted by molar-refractivity contribution is -0.142. The number of carbonyl (C=O) groups excluding carboxylic acids is 3. The highest BCUT2D eigenvalue weighted by Gasteiger charge is 2.32. The number of thiol groups is 1. The summed E-state index contributed by atoms with van der Waals surface area (Å²) in [5.74, 6) is -2.16. The number of aliphatic carboxylic acids is 1. The molecule has 1 rings (SSSR count). The van der Waals surface area contributed by atoms with Gasteiger partial charge in [0.15, 0.2) is 0 Å². The minimum atomic E-state index is -1.20. The van der Waals surface area contributed by atoms with Crippen molar-refractivity contribution in [1.29, 1.82) is 0 Å². The van der Waals surface area contributed by atoms with E-state index in [9.17, 15) is 19.2 Å². The molecule has 0 bridgehead atoms. The number of hydrogen-bond donors (Lipinski definition) is 6. The number of carboxylic acid groups (broad SMARTS) is 1.